The second kappa shape index (κ2) is 12.0. The van der Waals surface area contributed by atoms with Crippen LogP contribution in [0.4, 0.5) is 0 Å². The summed E-state index contributed by atoms with van der Waals surface area (Å²) in [4.78, 5) is 8.88. The molecule has 1 atom stereocenters. The first-order valence-corrected chi connectivity index (χ1v) is 17.9. The molecule has 9 aromatic rings. The summed E-state index contributed by atoms with van der Waals surface area (Å²) in [5.41, 5.74) is 15.9. The average Bonchev–Trinajstić information content (AvgIpc) is 3.49. The molecule has 2 nitrogen and oxygen atoms in total. The third-order valence-electron chi connectivity index (χ3n) is 11.2. The van der Waals surface area contributed by atoms with Crippen LogP contribution in [-0.2, 0) is 5.41 Å². The van der Waals surface area contributed by atoms with Gasteiger partial charge < -0.3 is 0 Å². The first-order valence-electron chi connectivity index (χ1n) is 17.9. The third-order valence-corrected chi connectivity index (χ3v) is 11.2. The van der Waals surface area contributed by atoms with E-state index in [-0.39, 0.29) is 5.41 Å². The van der Waals surface area contributed by atoms with Crippen molar-refractivity contribution >= 4 is 21.5 Å². The monoisotopic (exact) mass is 662 g/mol. The standard InChI is InChI=1S/C50H34N2/c1-50(39-11-3-2-4-12-39)46-16-6-5-13-43(46)49-47(50)26-25-42(37-19-17-35(18-20-37)40-14-7-9-33-27-29-51-31-44(33)40)48(49)38-23-21-36(22-24-38)41-15-8-10-34-28-30-52-32-45(34)41/h2-32H,1H3. The van der Waals surface area contributed by atoms with Crippen molar-refractivity contribution in [2.45, 2.75) is 12.3 Å². The maximum Gasteiger partial charge on any atom is 0.0435 e. The maximum atomic E-state index is 4.45. The largest absolute Gasteiger partial charge is 0.264 e. The predicted molar refractivity (Wildman–Crippen MR) is 216 cm³/mol. The SMILES string of the molecule is CC1(c2ccccc2)c2ccccc2-c2c1ccc(-c1ccc(-c3cccc4ccncc34)cc1)c2-c1ccc(-c2cccc3ccncc23)cc1. The van der Waals surface area contributed by atoms with E-state index in [2.05, 4.69) is 181 Å². The lowest BCUT2D eigenvalue weighted by Crippen LogP contribution is -2.22. The zero-order valence-corrected chi connectivity index (χ0v) is 28.8. The fourth-order valence-electron chi connectivity index (χ4n) is 8.58. The van der Waals surface area contributed by atoms with Gasteiger partial charge in [0.25, 0.3) is 0 Å². The number of aromatic nitrogens is 2. The molecule has 0 saturated carbocycles. The molecule has 244 valence electrons. The Morgan fingerprint density at radius 1 is 0.365 bits per heavy atom. The van der Waals surface area contributed by atoms with E-state index in [1.165, 1.54) is 83.1 Å². The molecule has 1 aliphatic carbocycles. The van der Waals surface area contributed by atoms with Gasteiger partial charge in [0.15, 0.2) is 0 Å². The first kappa shape index (κ1) is 30.2. The smallest absolute Gasteiger partial charge is 0.0435 e. The minimum absolute atomic E-state index is 0.289. The zero-order valence-electron chi connectivity index (χ0n) is 28.8. The van der Waals surface area contributed by atoms with E-state index in [0.29, 0.717) is 0 Å². The number of benzene rings is 7. The first-order chi connectivity index (χ1) is 25.7. The number of nitrogens with zero attached hydrogens (tertiary/aromatic N) is 2. The van der Waals surface area contributed by atoms with Gasteiger partial charge in [0.2, 0.25) is 0 Å². The van der Waals surface area contributed by atoms with Gasteiger partial charge in [-0.05, 0) is 102 Å². The van der Waals surface area contributed by atoms with Gasteiger partial charge in [-0.25, -0.2) is 0 Å². The highest BCUT2D eigenvalue weighted by Crippen LogP contribution is 2.57. The molecule has 2 heteroatoms. The number of hydrogen-bond donors (Lipinski definition) is 0. The molecule has 0 fully saturated rings. The normalized spacial score (nSPS) is 14.7. The van der Waals surface area contributed by atoms with Gasteiger partial charge in [0, 0.05) is 41.0 Å². The van der Waals surface area contributed by atoms with Gasteiger partial charge in [-0.15, -0.1) is 0 Å². The lowest BCUT2D eigenvalue weighted by molar-refractivity contribution is 0.714. The van der Waals surface area contributed by atoms with Gasteiger partial charge >= 0.3 is 0 Å². The molecule has 0 N–H and O–H groups in total. The summed E-state index contributed by atoms with van der Waals surface area (Å²) in [5.74, 6) is 0. The van der Waals surface area contributed by atoms with Gasteiger partial charge in [0.05, 0.1) is 0 Å². The van der Waals surface area contributed by atoms with E-state index < -0.39 is 0 Å². The topological polar surface area (TPSA) is 25.8 Å². The van der Waals surface area contributed by atoms with Crippen LogP contribution in [-0.4, -0.2) is 9.97 Å². The van der Waals surface area contributed by atoms with Crippen LogP contribution in [0.2, 0.25) is 0 Å². The van der Waals surface area contributed by atoms with E-state index >= 15 is 0 Å². The van der Waals surface area contributed by atoms with E-state index in [4.69, 9.17) is 0 Å². The zero-order chi connectivity index (χ0) is 34.6. The fraction of sp³-hybridized carbons (Fsp3) is 0.0400. The Morgan fingerprint density at radius 3 is 1.50 bits per heavy atom. The van der Waals surface area contributed by atoms with Crippen LogP contribution in [0.25, 0.3) is 77.2 Å². The van der Waals surface area contributed by atoms with E-state index in [1.807, 2.05) is 24.8 Å². The minimum Gasteiger partial charge on any atom is -0.264 e. The van der Waals surface area contributed by atoms with Crippen molar-refractivity contribution in [3.8, 4) is 55.6 Å². The third kappa shape index (κ3) is 4.65. The summed E-state index contributed by atoms with van der Waals surface area (Å²) >= 11 is 0. The summed E-state index contributed by atoms with van der Waals surface area (Å²) in [5, 5.41) is 4.71. The average molecular weight is 663 g/mol. The van der Waals surface area contributed by atoms with Crippen LogP contribution >= 0.6 is 0 Å². The van der Waals surface area contributed by atoms with Crippen molar-refractivity contribution < 1.29 is 0 Å². The Balaban J connectivity index is 1.18. The lowest BCUT2D eigenvalue weighted by atomic mass is 9.73. The van der Waals surface area contributed by atoms with Gasteiger partial charge in [-0.3, -0.25) is 9.97 Å². The Hall–Kier alpha value is -6.64. The predicted octanol–water partition coefficient (Wildman–Crippen LogP) is 12.8. The van der Waals surface area contributed by atoms with Crippen molar-refractivity contribution in [1.82, 2.24) is 9.97 Å². The molecule has 7 aromatic carbocycles. The Bertz CT molecular complexity index is 2770. The Kier molecular flexibility index (Phi) is 6.97. The van der Waals surface area contributed by atoms with Gasteiger partial charge in [-0.2, -0.15) is 0 Å². The van der Waals surface area contributed by atoms with Crippen molar-refractivity contribution in [3.63, 3.8) is 0 Å². The highest BCUT2D eigenvalue weighted by atomic mass is 14.6. The van der Waals surface area contributed by atoms with E-state index in [0.717, 1.165) is 10.8 Å². The van der Waals surface area contributed by atoms with Gasteiger partial charge in [0.1, 0.15) is 0 Å². The molecule has 2 heterocycles. The molecular formula is C50H34N2. The molecule has 0 spiro atoms. The van der Waals surface area contributed by atoms with Crippen LogP contribution in [0.15, 0.2) is 189 Å². The molecule has 1 unspecified atom stereocenters. The van der Waals surface area contributed by atoms with Crippen molar-refractivity contribution in [2.24, 2.45) is 0 Å². The number of hydrogen-bond acceptors (Lipinski definition) is 2. The summed E-state index contributed by atoms with van der Waals surface area (Å²) in [6.07, 6.45) is 7.66. The molecule has 0 saturated heterocycles. The molecule has 52 heavy (non-hydrogen) atoms. The summed E-state index contributed by atoms with van der Waals surface area (Å²) in [7, 11) is 0. The summed E-state index contributed by atoms with van der Waals surface area (Å²) < 4.78 is 0. The second-order valence-corrected chi connectivity index (χ2v) is 13.9. The molecule has 0 radical (unpaired) electrons. The molecule has 1 aliphatic rings. The second-order valence-electron chi connectivity index (χ2n) is 13.9. The molecule has 10 rings (SSSR count). The number of fused-ring (bicyclic) bond motifs is 5. The maximum absolute atomic E-state index is 4.45. The number of pyridine rings is 2. The lowest BCUT2D eigenvalue weighted by Gasteiger charge is -2.29. The quantitative estimate of drug-likeness (QED) is 0.183. The molecule has 0 bridgehead atoms. The van der Waals surface area contributed by atoms with Crippen LogP contribution in [0.1, 0.15) is 23.6 Å². The minimum atomic E-state index is -0.289. The highest BCUT2D eigenvalue weighted by molar-refractivity contribution is 6.02. The fourth-order valence-corrected chi connectivity index (χ4v) is 8.58. The Labute approximate surface area is 303 Å². The van der Waals surface area contributed by atoms with Crippen LogP contribution < -0.4 is 0 Å². The van der Waals surface area contributed by atoms with E-state index in [9.17, 15) is 0 Å². The van der Waals surface area contributed by atoms with Crippen LogP contribution in [0, 0.1) is 0 Å². The van der Waals surface area contributed by atoms with E-state index in [1.54, 1.807) is 0 Å². The summed E-state index contributed by atoms with van der Waals surface area (Å²) in [6.45, 7) is 2.39. The number of rotatable bonds is 5. The summed E-state index contributed by atoms with van der Waals surface area (Å²) in [6, 6.07) is 60.0. The van der Waals surface area contributed by atoms with Crippen molar-refractivity contribution in [3.05, 3.63) is 205 Å². The Morgan fingerprint density at radius 2 is 0.885 bits per heavy atom. The highest BCUT2D eigenvalue weighted by Gasteiger charge is 2.42. The molecule has 2 aromatic heterocycles. The molecule has 0 amide bonds. The molecular weight excluding hydrogens is 629 g/mol. The molecule has 0 aliphatic heterocycles. The van der Waals surface area contributed by atoms with Crippen LogP contribution in [0.3, 0.4) is 0 Å². The van der Waals surface area contributed by atoms with Crippen LogP contribution in [0.5, 0.6) is 0 Å². The van der Waals surface area contributed by atoms with Gasteiger partial charge in [-0.1, -0.05) is 152 Å². The van der Waals surface area contributed by atoms with Crippen molar-refractivity contribution in [2.75, 3.05) is 0 Å². The van der Waals surface area contributed by atoms with Crippen molar-refractivity contribution in [1.29, 1.82) is 0 Å².